The average Bonchev–Trinajstić information content (AvgIpc) is 2.30. The van der Waals surface area contributed by atoms with Crippen LogP contribution in [-0.2, 0) is 18.4 Å². The molecule has 1 aromatic rings. The zero-order chi connectivity index (χ0) is 9.19. The normalized spacial score (nSPS) is 12.0. The van der Waals surface area contributed by atoms with Crippen molar-refractivity contribution in [2.75, 3.05) is 0 Å². The standard InChI is InChI=1S/C6H7F2IN2O/c1-11-3-2-5(10-11)4-12-6(7,8)9/h2-3H,4H2,1H3. The Bertz CT molecular complexity index is 258. The van der Waals surface area contributed by atoms with Crippen LogP contribution < -0.4 is 0 Å². The van der Waals surface area contributed by atoms with Crippen LogP contribution in [0.25, 0.3) is 0 Å². The monoisotopic (exact) mass is 288 g/mol. The minimum Gasteiger partial charge on any atom is -0.306 e. The van der Waals surface area contributed by atoms with Crippen LogP contribution >= 0.6 is 22.6 Å². The SMILES string of the molecule is Cn1ccc(COC(F)(F)I)n1. The molecule has 0 saturated heterocycles. The van der Waals surface area contributed by atoms with E-state index in [0.717, 1.165) is 22.6 Å². The van der Waals surface area contributed by atoms with E-state index in [2.05, 4.69) is 9.84 Å². The highest BCUT2D eigenvalue weighted by molar-refractivity contribution is 14.1. The second-order valence-electron chi connectivity index (χ2n) is 2.22. The number of hydrogen-bond donors (Lipinski definition) is 0. The van der Waals surface area contributed by atoms with Crippen molar-refractivity contribution in [2.45, 2.75) is 10.7 Å². The van der Waals surface area contributed by atoms with E-state index in [9.17, 15) is 8.78 Å². The Morgan fingerprint density at radius 1 is 1.75 bits per heavy atom. The Morgan fingerprint density at radius 2 is 2.42 bits per heavy atom. The second kappa shape index (κ2) is 3.65. The molecule has 0 saturated carbocycles. The van der Waals surface area contributed by atoms with Gasteiger partial charge in [0, 0.05) is 35.8 Å². The van der Waals surface area contributed by atoms with Gasteiger partial charge in [0.05, 0.1) is 12.3 Å². The summed E-state index contributed by atoms with van der Waals surface area (Å²) in [7, 11) is 1.71. The molecule has 12 heavy (non-hydrogen) atoms. The fourth-order valence-corrected chi connectivity index (χ4v) is 0.852. The molecule has 1 rings (SSSR count). The predicted octanol–water partition coefficient (Wildman–Crippen LogP) is 1.92. The maximum absolute atomic E-state index is 12.1. The lowest BCUT2D eigenvalue weighted by atomic mass is 10.5. The maximum Gasteiger partial charge on any atom is 0.408 e. The molecule has 1 heterocycles. The molecule has 1 aromatic heterocycles. The second-order valence-corrected chi connectivity index (χ2v) is 3.47. The van der Waals surface area contributed by atoms with E-state index >= 15 is 0 Å². The molecule has 0 aromatic carbocycles. The van der Waals surface area contributed by atoms with Crippen LogP contribution in [0.2, 0.25) is 0 Å². The number of nitrogens with zero attached hydrogens (tertiary/aromatic N) is 2. The van der Waals surface area contributed by atoms with E-state index in [4.69, 9.17) is 0 Å². The third-order valence-corrected chi connectivity index (χ3v) is 1.46. The van der Waals surface area contributed by atoms with E-state index < -0.39 is 4.12 Å². The van der Waals surface area contributed by atoms with E-state index in [-0.39, 0.29) is 6.61 Å². The molecule has 0 N–H and O–H groups in total. The molecule has 0 spiro atoms. The van der Waals surface area contributed by atoms with Crippen LogP contribution in [0.5, 0.6) is 0 Å². The fraction of sp³-hybridized carbons (Fsp3) is 0.500. The highest BCUT2D eigenvalue weighted by atomic mass is 127. The van der Waals surface area contributed by atoms with Gasteiger partial charge in [-0.05, 0) is 6.07 Å². The summed E-state index contributed by atoms with van der Waals surface area (Å²) in [5.41, 5.74) is 0.494. The summed E-state index contributed by atoms with van der Waals surface area (Å²) in [4.78, 5) is 0. The number of halogens is 3. The van der Waals surface area contributed by atoms with Crippen molar-refractivity contribution >= 4 is 22.6 Å². The lowest BCUT2D eigenvalue weighted by Crippen LogP contribution is -2.10. The molecule has 3 nitrogen and oxygen atoms in total. The average molecular weight is 288 g/mol. The minimum atomic E-state index is -3.12. The summed E-state index contributed by atoms with van der Waals surface area (Å²) in [5, 5.41) is 3.87. The first-order valence-electron chi connectivity index (χ1n) is 3.16. The van der Waals surface area contributed by atoms with Gasteiger partial charge < -0.3 is 4.74 Å². The first-order chi connectivity index (χ1) is 5.47. The van der Waals surface area contributed by atoms with E-state index in [0.29, 0.717) is 5.69 Å². The molecule has 0 atom stereocenters. The molecule has 68 valence electrons. The lowest BCUT2D eigenvalue weighted by Gasteiger charge is -2.06. The topological polar surface area (TPSA) is 27.1 Å². The van der Waals surface area contributed by atoms with Crippen LogP contribution in [0.1, 0.15) is 5.69 Å². The molecule has 0 unspecified atom stereocenters. The van der Waals surface area contributed by atoms with Crippen molar-refractivity contribution < 1.29 is 13.5 Å². The summed E-state index contributed by atoms with van der Waals surface area (Å²) < 4.78 is 26.9. The molecule has 6 heteroatoms. The van der Waals surface area contributed by atoms with Crippen LogP contribution in [0.15, 0.2) is 12.3 Å². The molecule has 0 bridgehead atoms. The Morgan fingerprint density at radius 3 is 2.83 bits per heavy atom. The molecular formula is C6H7F2IN2O. The number of aryl methyl sites for hydroxylation is 1. The maximum atomic E-state index is 12.1. The molecule has 0 amide bonds. The van der Waals surface area contributed by atoms with Gasteiger partial charge in [-0.2, -0.15) is 13.9 Å². The summed E-state index contributed by atoms with van der Waals surface area (Å²) in [6.07, 6.45) is 1.67. The van der Waals surface area contributed by atoms with Crippen molar-refractivity contribution in [1.82, 2.24) is 9.78 Å². The van der Waals surface area contributed by atoms with Gasteiger partial charge in [-0.15, -0.1) is 0 Å². The van der Waals surface area contributed by atoms with Crippen molar-refractivity contribution in [1.29, 1.82) is 0 Å². The van der Waals surface area contributed by atoms with Gasteiger partial charge >= 0.3 is 4.12 Å². The third kappa shape index (κ3) is 3.44. The first-order valence-corrected chi connectivity index (χ1v) is 4.24. The summed E-state index contributed by atoms with van der Waals surface area (Å²) >= 11 is 0.920. The van der Waals surface area contributed by atoms with Gasteiger partial charge in [-0.1, -0.05) is 0 Å². The van der Waals surface area contributed by atoms with Crippen LogP contribution in [0.4, 0.5) is 8.78 Å². The molecule has 0 fully saturated rings. The lowest BCUT2D eigenvalue weighted by molar-refractivity contribution is -0.154. The van der Waals surface area contributed by atoms with Crippen molar-refractivity contribution in [3.8, 4) is 0 Å². The Kier molecular flexibility index (Phi) is 2.99. The van der Waals surface area contributed by atoms with Crippen LogP contribution in [-0.4, -0.2) is 13.9 Å². The van der Waals surface area contributed by atoms with Crippen molar-refractivity contribution in [3.63, 3.8) is 0 Å². The largest absolute Gasteiger partial charge is 0.408 e. The Labute approximate surface area is 81.8 Å². The zero-order valence-corrected chi connectivity index (χ0v) is 8.46. The van der Waals surface area contributed by atoms with Gasteiger partial charge in [-0.25, -0.2) is 0 Å². The summed E-state index contributed by atoms with van der Waals surface area (Å²) in [6.45, 7) is -0.170. The molecule has 0 radical (unpaired) electrons. The zero-order valence-electron chi connectivity index (χ0n) is 6.30. The van der Waals surface area contributed by atoms with Gasteiger partial charge in [0.15, 0.2) is 0 Å². The van der Waals surface area contributed by atoms with Crippen molar-refractivity contribution in [3.05, 3.63) is 18.0 Å². The van der Waals surface area contributed by atoms with Crippen molar-refractivity contribution in [2.24, 2.45) is 7.05 Å². The van der Waals surface area contributed by atoms with E-state index in [1.54, 1.807) is 19.3 Å². The highest BCUT2D eigenvalue weighted by Gasteiger charge is 2.24. The summed E-state index contributed by atoms with van der Waals surface area (Å²) in [5.74, 6) is 0. The van der Waals surface area contributed by atoms with Gasteiger partial charge in [0.25, 0.3) is 0 Å². The Hall–Kier alpha value is -0.240. The molecule has 0 aliphatic heterocycles. The number of rotatable bonds is 3. The van der Waals surface area contributed by atoms with Crippen LogP contribution in [0, 0.1) is 0 Å². The third-order valence-electron chi connectivity index (χ3n) is 1.15. The summed E-state index contributed by atoms with van der Waals surface area (Å²) in [6, 6.07) is 1.63. The van der Waals surface area contributed by atoms with Crippen LogP contribution in [0.3, 0.4) is 0 Å². The molecule has 0 aliphatic rings. The number of hydrogen-bond acceptors (Lipinski definition) is 2. The quantitative estimate of drug-likeness (QED) is 0.627. The van der Waals surface area contributed by atoms with Gasteiger partial charge in [0.2, 0.25) is 0 Å². The number of alkyl halides is 3. The minimum absolute atomic E-state index is 0.170. The fourth-order valence-electron chi connectivity index (χ4n) is 0.696. The first kappa shape index (κ1) is 9.85. The molecule has 0 aliphatic carbocycles. The smallest absolute Gasteiger partial charge is 0.306 e. The Balaban J connectivity index is 2.44. The molecular weight excluding hydrogens is 281 g/mol. The number of ether oxygens (including phenoxy) is 1. The predicted molar refractivity (Wildman–Crippen MR) is 47.0 cm³/mol. The van der Waals surface area contributed by atoms with Gasteiger partial charge in [0.1, 0.15) is 0 Å². The van der Waals surface area contributed by atoms with Gasteiger partial charge in [-0.3, -0.25) is 4.68 Å². The number of aromatic nitrogens is 2. The highest BCUT2D eigenvalue weighted by Crippen LogP contribution is 2.24. The van der Waals surface area contributed by atoms with E-state index in [1.165, 1.54) is 4.68 Å². The van der Waals surface area contributed by atoms with E-state index in [1.807, 2.05) is 0 Å².